The lowest BCUT2D eigenvalue weighted by Crippen LogP contribution is -2.10. The number of carbonyl (C=O) groups excluding carboxylic acids is 1. The molecule has 0 spiro atoms. The van der Waals surface area contributed by atoms with Crippen molar-refractivity contribution in [2.45, 2.75) is 13.3 Å². The Bertz CT molecular complexity index is 621. The fraction of sp³-hybridized carbons (Fsp3) is 0.154. The highest BCUT2D eigenvalue weighted by molar-refractivity contribution is 6.39. The Hall–Kier alpha value is -1.65. The summed E-state index contributed by atoms with van der Waals surface area (Å²) < 4.78 is 1.43. The van der Waals surface area contributed by atoms with Crippen LogP contribution < -0.4 is 0 Å². The van der Waals surface area contributed by atoms with Crippen molar-refractivity contribution in [1.82, 2.24) is 14.8 Å². The van der Waals surface area contributed by atoms with Crippen LogP contribution in [0.1, 0.15) is 23.7 Å². The number of nitrogens with zero attached hydrogens (tertiary/aromatic N) is 3. The van der Waals surface area contributed by atoms with Crippen LogP contribution in [0.3, 0.4) is 0 Å². The van der Waals surface area contributed by atoms with E-state index < -0.39 is 0 Å². The second-order valence-corrected chi connectivity index (χ2v) is 4.63. The van der Waals surface area contributed by atoms with Crippen LogP contribution in [0.2, 0.25) is 10.0 Å². The van der Waals surface area contributed by atoms with Crippen LogP contribution in [0.25, 0.3) is 5.70 Å². The van der Waals surface area contributed by atoms with Crippen LogP contribution >= 0.6 is 23.2 Å². The molecule has 98 valence electrons. The maximum absolute atomic E-state index is 12.5. The van der Waals surface area contributed by atoms with Crippen molar-refractivity contribution in [3.8, 4) is 0 Å². The molecule has 6 heteroatoms. The van der Waals surface area contributed by atoms with Gasteiger partial charge in [0.15, 0.2) is 0 Å². The van der Waals surface area contributed by atoms with Crippen LogP contribution in [-0.4, -0.2) is 20.5 Å². The van der Waals surface area contributed by atoms with E-state index in [9.17, 15) is 4.79 Å². The van der Waals surface area contributed by atoms with Crippen molar-refractivity contribution in [1.29, 1.82) is 0 Å². The summed E-state index contributed by atoms with van der Waals surface area (Å²) in [6.07, 6.45) is 5.33. The number of hydrogen-bond acceptors (Lipinski definition) is 3. The molecule has 0 saturated carbocycles. The Kier molecular flexibility index (Phi) is 4.35. The molecule has 0 bridgehead atoms. The second-order valence-electron chi connectivity index (χ2n) is 3.79. The van der Waals surface area contributed by atoms with Crippen LogP contribution in [0.5, 0.6) is 0 Å². The lowest BCUT2D eigenvalue weighted by molar-refractivity contribution is 0.105. The fourth-order valence-corrected chi connectivity index (χ4v) is 2.12. The zero-order chi connectivity index (χ0) is 13.8. The Morgan fingerprint density at radius 3 is 2.79 bits per heavy atom. The minimum atomic E-state index is -0.214. The molecule has 1 aromatic carbocycles. The minimum absolute atomic E-state index is 0.214. The summed E-state index contributed by atoms with van der Waals surface area (Å²) >= 11 is 11.9. The van der Waals surface area contributed by atoms with Gasteiger partial charge in [-0.1, -0.05) is 36.2 Å². The number of rotatable bonds is 4. The van der Waals surface area contributed by atoms with Crippen molar-refractivity contribution in [3.63, 3.8) is 0 Å². The summed E-state index contributed by atoms with van der Waals surface area (Å²) in [6, 6.07) is 4.78. The molecule has 0 N–H and O–H groups in total. The molecule has 0 aliphatic rings. The number of halogens is 2. The molecule has 0 fully saturated rings. The van der Waals surface area contributed by atoms with Gasteiger partial charge in [0.25, 0.3) is 0 Å². The Morgan fingerprint density at radius 2 is 2.21 bits per heavy atom. The van der Waals surface area contributed by atoms with E-state index in [0.29, 0.717) is 27.7 Å². The summed E-state index contributed by atoms with van der Waals surface area (Å²) in [6.45, 7) is 1.94. The maximum atomic E-state index is 12.5. The third-order valence-corrected chi connectivity index (χ3v) is 3.02. The van der Waals surface area contributed by atoms with Gasteiger partial charge in [-0.25, -0.2) is 9.67 Å². The molecule has 0 saturated heterocycles. The molecule has 0 radical (unpaired) electrons. The third-order valence-electron chi connectivity index (χ3n) is 2.47. The average Bonchev–Trinajstić information content (AvgIpc) is 2.89. The number of ketones is 1. The first-order chi connectivity index (χ1) is 9.13. The number of benzene rings is 1. The Balaban J connectivity index is 2.43. The van der Waals surface area contributed by atoms with Crippen LogP contribution in [0.4, 0.5) is 0 Å². The molecule has 1 heterocycles. The van der Waals surface area contributed by atoms with Gasteiger partial charge in [0.2, 0.25) is 5.78 Å². The summed E-state index contributed by atoms with van der Waals surface area (Å²) in [5.74, 6) is -0.214. The van der Waals surface area contributed by atoms with Crippen LogP contribution in [0.15, 0.2) is 36.9 Å². The molecular formula is C13H11Cl2N3O. The van der Waals surface area contributed by atoms with Gasteiger partial charge in [-0.05, 0) is 24.6 Å². The molecule has 2 rings (SSSR count). The van der Waals surface area contributed by atoms with E-state index in [1.807, 2.05) is 6.92 Å². The van der Waals surface area contributed by atoms with Crippen molar-refractivity contribution in [2.24, 2.45) is 0 Å². The van der Waals surface area contributed by atoms with Crippen LogP contribution in [-0.2, 0) is 0 Å². The number of Topliss-reactive ketones (excluding diaryl/α,β-unsaturated/α-hetero) is 1. The Labute approximate surface area is 120 Å². The van der Waals surface area contributed by atoms with Gasteiger partial charge >= 0.3 is 0 Å². The van der Waals surface area contributed by atoms with Gasteiger partial charge < -0.3 is 0 Å². The van der Waals surface area contributed by atoms with Gasteiger partial charge in [-0.2, -0.15) is 5.10 Å². The Morgan fingerprint density at radius 1 is 1.42 bits per heavy atom. The lowest BCUT2D eigenvalue weighted by Gasteiger charge is -2.08. The first kappa shape index (κ1) is 13.8. The molecule has 2 aromatic rings. The van der Waals surface area contributed by atoms with Gasteiger partial charge in [-0.3, -0.25) is 4.79 Å². The zero-order valence-electron chi connectivity index (χ0n) is 10.2. The molecule has 19 heavy (non-hydrogen) atoms. The van der Waals surface area contributed by atoms with Crippen LogP contribution in [0, 0.1) is 0 Å². The molecule has 0 atom stereocenters. The molecule has 0 aliphatic carbocycles. The summed E-state index contributed by atoms with van der Waals surface area (Å²) in [5.41, 5.74) is 0.811. The van der Waals surface area contributed by atoms with Gasteiger partial charge in [0.1, 0.15) is 18.4 Å². The summed E-state index contributed by atoms with van der Waals surface area (Å²) in [4.78, 5) is 16.3. The summed E-state index contributed by atoms with van der Waals surface area (Å²) in [7, 11) is 0. The molecule has 4 nitrogen and oxygen atoms in total. The van der Waals surface area contributed by atoms with Crippen molar-refractivity contribution in [2.75, 3.05) is 0 Å². The standard InChI is InChI=1S/C13H11Cl2N3O/c1-2-3-12(18-8-16-7-17-18)13(19)10-5-4-9(14)6-11(10)15/h3-8H,2H2,1H3. The fourth-order valence-electron chi connectivity index (χ4n) is 1.63. The van der Waals surface area contributed by atoms with E-state index >= 15 is 0 Å². The quantitative estimate of drug-likeness (QED) is 0.638. The maximum Gasteiger partial charge on any atom is 0.212 e. The average molecular weight is 296 g/mol. The number of carbonyl (C=O) groups is 1. The lowest BCUT2D eigenvalue weighted by atomic mass is 10.1. The first-order valence-electron chi connectivity index (χ1n) is 5.68. The molecular weight excluding hydrogens is 285 g/mol. The topological polar surface area (TPSA) is 47.8 Å². The van der Waals surface area contributed by atoms with E-state index in [1.165, 1.54) is 17.3 Å². The smallest absolute Gasteiger partial charge is 0.212 e. The first-order valence-corrected chi connectivity index (χ1v) is 6.44. The zero-order valence-corrected chi connectivity index (χ0v) is 11.7. The predicted octanol–water partition coefficient (Wildman–Crippen LogP) is 3.72. The summed E-state index contributed by atoms with van der Waals surface area (Å²) in [5, 5.41) is 4.78. The second kappa shape index (κ2) is 5.99. The highest BCUT2D eigenvalue weighted by atomic mass is 35.5. The normalized spacial score (nSPS) is 11.6. The van der Waals surface area contributed by atoms with E-state index in [4.69, 9.17) is 23.2 Å². The van der Waals surface area contributed by atoms with Gasteiger partial charge in [-0.15, -0.1) is 0 Å². The molecule has 1 aromatic heterocycles. The highest BCUT2D eigenvalue weighted by Gasteiger charge is 2.17. The number of aromatic nitrogens is 3. The van der Waals surface area contributed by atoms with Gasteiger partial charge in [0, 0.05) is 10.6 Å². The van der Waals surface area contributed by atoms with E-state index in [1.54, 1.807) is 24.3 Å². The molecule has 0 amide bonds. The van der Waals surface area contributed by atoms with Crippen molar-refractivity contribution < 1.29 is 4.79 Å². The van der Waals surface area contributed by atoms with Crippen molar-refractivity contribution >= 4 is 34.7 Å². The van der Waals surface area contributed by atoms with E-state index in [0.717, 1.165) is 0 Å². The van der Waals surface area contributed by atoms with Gasteiger partial charge in [0.05, 0.1) is 5.02 Å². The minimum Gasteiger partial charge on any atom is -0.287 e. The van der Waals surface area contributed by atoms with E-state index in [2.05, 4.69) is 10.1 Å². The molecule has 0 unspecified atom stereocenters. The number of hydrogen-bond donors (Lipinski definition) is 0. The molecule has 0 aliphatic heterocycles. The SMILES string of the molecule is CCC=C(C(=O)c1ccc(Cl)cc1Cl)n1cncn1. The monoisotopic (exact) mass is 295 g/mol. The van der Waals surface area contributed by atoms with E-state index in [-0.39, 0.29) is 5.78 Å². The van der Waals surface area contributed by atoms with Crippen molar-refractivity contribution in [3.05, 3.63) is 52.5 Å². The third kappa shape index (κ3) is 3.03. The number of allylic oxidation sites excluding steroid dienone is 2. The highest BCUT2D eigenvalue weighted by Crippen LogP contribution is 2.24. The largest absolute Gasteiger partial charge is 0.287 e. The predicted molar refractivity (Wildman–Crippen MR) is 75.4 cm³/mol.